The van der Waals surface area contributed by atoms with Crippen molar-refractivity contribution >= 4 is 25.0 Å². The fourth-order valence-electron chi connectivity index (χ4n) is 0.596. The van der Waals surface area contributed by atoms with Crippen LogP contribution >= 0.6 is 25.0 Å². The first kappa shape index (κ1) is 17.7. The topological polar surface area (TPSA) is 63.0 Å². The summed E-state index contributed by atoms with van der Waals surface area (Å²) in [5.74, 6) is -0.192. The van der Waals surface area contributed by atoms with Crippen molar-refractivity contribution in [2.24, 2.45) is 0 Å². The second-order valence-corrected chi connectivity index (χ2v) is 2.37. The van der Waals surface area contributed by atoms with E-state index in [1.54, 1.807) is 19.1 Å². The molecule has 2 nitrogen and oxygen atoms in total. The van der Waals surface area contributed by atoms with Gasteiger partial charge in [-0.1, -0.05) is 6.07 Å². The average molecular weight is 215 g/mol. The van der Waals surface area contributed by atoms with Gasteiger partial charge in [0.2, 0.25) is 0 Å². The van der Waals surface area contributed by atoms with Crippen LogP contribution in [0, 0.1) is 12.7 Å². The second-order valence-electron chi connectivity index (χ2n) is 1.88. The van der Waals surface area contributed by atoms with Gasteiger partial charge in [0.15, 0.2) is 0 Å². The van der Waals surface area contributed by atoms with Crippen molar-refractivity contribution in [3.05, 3.63) is 29.6 Å². The monoisotopic (exact) mass is 214 g/mol. The normalized spacial score (nSPS) is 7.25. The van der Waals surface area contributed by atoms with Gasteiger partial charge >= 0.3 is 0 Å². The highest BCUT2D eigenvalue weighted by Crippen LogP contribution is 2.14. The summed E-state index contributed by atoms with van der Waals surface area (Å²) in [5, 5.41) is 0. The van der Waals surface area contributed by atoms with Crippen LogP contribution in [-0.2, 0) is 0 Å². The van der Waals surface area contributed by atoms with Crippen molar-refractivity contribution in [1.29, 1.82) is 0 Å². The van der Waals surface area contributed by atoms with Crippen molar-refractivity contribution in [2.45, 2.75) is 11.8 Å². The molecule has 0 heterocycles. The van der Waals surface area contributed by atoms with Crippen molar-refractivity contribution in [2.75, 3.05) is 0 Å². The van der Waals surface area contributed by atoms with Crippen LogP contribution in [0.2, 0.25) is 0 Å². The minimum absolute atomic E-state index is 0. The maximum Gasteiger partial charge on any atom is 0.127 e. The zero-order valence-electron chi connectivity index (χ0n) is 6.47. The molecule has 0 radical (unpaired) electrons. The van der Waals surface area contributed by atoms with Gasteiger partial charge in [-0.2, -0.15) is 0 Å². The van der Waals surface area contributed by atoms with Crippen molar-refractivity contribution in [3.63, 3.8) is 0 Å². The Labute approximate surface area is 82.2 Å². The minimum atomic E-state index is -0.192. The molecule has 1 aromatic rings. The molecule has 0 aliphatic rings. The van der Waals surface area contributed by atoms with E-state index in [-0.39, 0.29) is 29.2 Å². The molecule has 1 rings (SSSR count). The van der Waals surface area contributed by atoms with E-state index in [9.17, 15) is 4.39 Å². The lowest BCUT2D eigenvalue weighted by molar-refractivity contribution is 0.614. The van der Waals surface area contributed by atoms with Gasteiger partial charge in [-0.25, -0.2) is 4.39 Å². The molecule has 0 saturated carbocycles. The van der Waals surface area contributed by atoms with E-state index in [2.05, 4.69) is 12.6 Å². The molecule has 0 aliphatic carbocycles. The molecule has 0 bridgehead atoms. The number of benzene rings is 1. The summed E-state index contributed by atoms with van der Waals surface area (Å²) in [6.45, 7) is 1.71. The predicted molar refractivity (Wildman–Crippen MR) is 52.9 cm³/mol. The average Bonchev–Trinajstić information content (AvgIpc) is 1.83. The summed E-state index contributed by atoms with van der Waals surface area (Å²) in [6, 6.07) is 4.83. The van der Waals surface area contributed by atoms with Crippen molar-refractivity contribution < 1.29 is 15.3 Å². The maximum atomic E-state index is 12.5. The highest BCUT2D eigenvalue weighted by atomic mass is 35.5. The van der Waals surface area contributed by atoms with Gasteiger partial charge in [0, 0.05) is 4.90 Å². The molecule has 4 N–H and O–H groups in total. The Morgan fingerprint density at radius 2 is 1.75 bits per heavy atom. The summed E-state index contributed by atoms with van der Waals surface area (Å²) in [5.41, 5.74) is 0.612. The van der Waals surface area contributed by atoms with Crippen LogP contribution in [0.5, 0.6) is 0 Å². The smallest absolute Gasteiger partial charge is 0.127 e. The Morgan fingerprint density at radius 3 is 2.08 bits per heavy atom. The molecule has 0 amide bonds. The fourth-order valence-corrected chi connectivity index (χ4v) is 0.789. The van der Waals surface area contributed by atoms with E-state index in [0.717, 1.165) is 0 Å². The van der Waals surface area contributed by atoms with Crippen molar-refractivity contribution in [3.8, 4) is 0 Å². The number of hydrogen-bond donors (Lipinski definition) is 1. The number of halogens is 2. The summed E-state index contributed by atoms with van der Waals surface area (Å²) in [6.07, 6.45) is 0. The molecule has 0 saturated heterocycles. The minimum Gasteiger partial charge on any atom is -0.412 e. The van der Waals surface area contributed by atoms with E-state index in [1.165, 1.54) is 6.07 Å². The van der Waals surface area contributed by atoms with Crippen molar-refractivity contribution in [1.82, 2.24) is 0 Å². The Kier molecular flexibility index (Phi) is 10.9. The largest absolute Gasteiger partial charge is 0.412 e. The third kappa shape index (κ3) is 3.92. The maximum absolute atomic E-state index is 12.5. The van der Waals surface area contributed by atoms with E-state index in [4.69, 9.17) is 0 Å². The predicted octanol–water partition coefficient (Wildman–Crippen LogP) is 1.20. The molecule has 0 unspecified atom stereocenters. The Morgan fingerprint density at radius 1 is 1.25 bits per heavy atom. The van der Waals surface area contributed by atoms with E-state index < -0.39 is 0 Å². The molecule has 5 heteroatoms. The van der Waals surface area contributed by atoms with Crippen LogP contribution in [0.1, 0.15) is 5.56 Å². The van der Waals surface area contributed by atoms with Crippen LogP contribution in [-0.4, -0.2) is 11.0 Å². The van der Waals surface area contributed by atoms with Gasteiger partial charge < -0.3 is 11.0 Å². The van der Waals surface area contributed by atoms with Gasteiger partial charge in [0.05, 0.1) is 0 Å². The van der Waals surface area contributed by atoms with Crippen LogP contribution < -0.4 is 0 Å². The van der Waals surface area contributed by atoms with E-state index >= 15 is 0 Å². The third-order valence-corrected chi connectivity index (χ3v) is 1.72. The molecular weight excluding hydrogens is 203 g/mol. The molecule has 72 valence electrons. The summed E-state index contributed by atoms with van der Waals surface area (Å²) >= 11 is 4.03. The molecule has 0 spiro atoms. The van der Waals surface area contributed by atoms with Crippen LogP contribution in [0.3, 0.4) is 0 Å². The summed E-state index contributed by atoms with van der Waals surface area (Å²) in [4.78, 5) is 0.704. The van der Waals surface area contributed by atoms with E-state index in [0.29, 0.717) is 10.5 Å². The number of thiol groups is 1. The van der Waals surface area contributed by atoms with Crippen LogP contribution in [0.25, 0.3) is 0 Å². The first-order valence-corrected chi connectivity index (χ1v) is 3.10. The van der Waals surface area contributed by atoms with Gasteiger partial charge in [0.25, 0.3) is 0 Å². The third-order valence-electron chi connectivity index (χ3n) is 1.24. The molecule has 12 heavy (non-hydrogen) atoms. The lowest BCUT2D eigenvalue weighted by Crippen LogP contribution is -1.81. The molecule has 1 aromatic carbocycles. The standard InChI is InChI=1S/C7H7FS.ClH.2H2O/c1-5-6(8)3-2-4-7(5)9;;;/h2-4,9H,1H3;1H;2*1H2. The highest BCUT2D eigenvalue weighted by molar-refractivity contribution is 7.80. The second kappa shape index (κ2) is 7.36. The molecular formula is C7H12ClFO2S. The van der Waals surface area contributed by atoms with Gasteiger partial charge in [-0.3, -0.25) is 0 Å². The van der Waals surface area contributed by atoms with Gasteiger partial charge in [-0.15, -0.1) is 25.0 Å². The first-order chi connectivity index (χ1) is 4.22. The summed E-state index contributed by atoms with van der Waals surface area (Å²) < 4.78 is 12.5. The van der Waals surface area contributed by atoms with Gasteiger partial charge in [-0.05, 0) is 24.6 Å². The highest BCUT2D eigenvalue weighted by Gasteiger charge is 1.96. The van der Waals surface area contributed by atoms with Gasteiger partial charge in [0.1, 0.15) is 5.82 Å². The lowest BCUT2D eigenvalue weighted by Gasteiger charge is -1.96. The van der Waals surface area contributed by atoms with Crippen LogP contribution in [0.15, 0.2) is 23.1 Å². The number of rotatable bonds is 0. The van der Waals surface area contributed by atoms with E-state index in [1.807, 2.05) is 0 Å². The molecule has 0 atom stereocenters. The Hall–Kier alpha value is -0.290. The van der Waals surface area contributed by atoms with Crippen LogP contribution in [0.4, 0.5) is 4.39 Å². The first-order valence-electron chi connectivity index (χ1n) is 2.66. The molecule has 0 fully saturated rings. The Balaban J connectivity index is -0.000000270. The fraction of sp³-hybridized carbons (Fsp3) is 0.143. The zero-order valence-corrected chi connectivity index (χ0v) is 8.18. The number of hydrogen-bond acceptors (Lipinski definition) is 1. The lowest BCUT2D eigenvalue weighted by atomic mass is 10.2. The summed E-state index contributed by atoms with van der Waals surface area (Å²) in [7, 11) is 0. The molecule has 0 aliphatic heterocycles. The quantitative estimate of drug-likeness (QED) is 0.631. The zero-order chi connectivity index (χ0) is 6.85. The molecule has 0 aromatic heterocycles. The SMILES string of the molecule is Cc1c(F)cccc1S.Cl.O.O. The Bertz CT molecular complexity index is 212.